The van der Waals surface area contributed by atoms with Crippen LogP contribution in [0.25, 0.3) is 0 Å². The maximum absolute atomic E-state index is 12.9. The van der Waals surface area contributed by atoms with Crippen LogP contribution in [0.2, 0.25) is 10.0 Å². The highest BCUT2D eigenvalue weighted by Crippen LogP contribution is 2.21. The molecular formula is C18H18Cl2FN3O2. The molecule has 8 heteroatoms. The Labute approximate surface area is 161 Å². The van der Waals surface area contributed by atoms with Crippen molar-refractivity contribution in [3.63, 3.8) is 0 Å². The number of rotatable bonds is 4. The van der Waals surface area contributed by atoms with E-state index in [4.69, 9.17) is 27.9 Å². The fourth-order valence-electron chi connectivity index (χ4n) is 2.73. The van der Waals surface area contributed by atoms with E-state index in [1.807, 2.05) is 0 Å². The predicted octanol–water partition coefficient (Wildman–Crippen LogP) is 4.28. The number of piperidine rings is 1. The second-order valence-corrected chi connectivity index (χ2v) is 6.86. The van der Waals surface area contributed by atoms with Crippen molar-refractivity contribution in [2.24, 2.45) is 0 Å². The summed E-state index contributed by atoms with van der Waals surface area (Å²) >= 11 is 12.0. The molecule has 0 radical (unpaired) electrons. The minimum atomic E-state index is -0.398. The number of hydrogen-bond donors (Lipinski definition) is 1. The van der Waals surface area contributed by atoms with Crippen molar-refractivity contribution < 1.29 is 13.9 Å². The van der Waals surface area contributed by atoms with Crippen LogP contribution < -0.4 is 10.1 Å². The van der Waals surface area contributed by atoms with E-state index in [1.54, 1.807) is 23.1 Å². The Bertz CT molecular complexity index is 766. The lowest BCUT2D eigenvalue weighted by Gasteiger charge is -2.32. The molecule has 26 heavy (non-hydrogen) atoms. The molecule has 1 aliphatic rings. The third-order valence-corrected chi connectivity index (χ3v) is 4.75. The first kappa shape index (κ1) is 18.7. The van der Waals surface area contributed by atoms with Gasteiger partial charge in [0.15, 0.2) is 0 Å². The lowest BCUT2D eigenvalue weighted by atomic mass is 10.1. The number of nitrogens with one attached hydrogen (secondary N) is 1. The van der Waals surface area contributed by atoms with Gasteiger partial charge in [-0.2, -0.15) is 0 Å². The van der Waals surface area contributed by atoms with E-state index in [-0.39, 0.29) is 12.1 Å². The molecule has 2 heterocycles. The number of nitrogens with zero attached hydrogens (tertiary/aromatic N) is 2. The van der Waals surface area contributed by atoms with Crippen molar-refractivity contribution in [2.45, 2.75) is 25.5 Å². The molecule has 1 fully saturated rings. The van der Waals surface area contributed by atoms with Crippen LogP contribution >= 0.6 is 23.2 Å². The van der Waals surface area contributed by atoms with E-state index in [0.29, 0.717) is 48.4 Å². The SMILES string of the molecule is O=C(NCc1ccc(Cl)cc1Cl)N1CCC(Oc2ccc(F)cn2)CC1. The topological polar surface area (TPSA) is 54.5 Å². The molecule has 5 nitrogen and oxygen atoms in total. The normalized spacial score (nSPS) is 15.0. The summed E-state index contributed by atoms with van der Waals surface area (Å²) in [5.74, 6) is -0.00341. The van der Waals surface area contributed by atoms with Crippen LogP contribution in [0.4, 0.5) is 9.18 Å². The fraction of sp³-hybridized carbons (Fsp3) is 0.333. The molecule has 1 aromatic heterocycles. The number of carbonyl (C=O) groups excluding carboxylic acids is 1. The van der Waals surface area contributed by atoms with Crippen LogP contribution in [0.5, 0.6) is 5.88 Å². The molecule has 0 aliphatic carbocycles. The van der Waals surface area contributed by atoms with Gasteiger partial charge >= 0.3 is 6.03 Å². The number of ether oxygens (including phenoxy) is 1. The Kier molecular flexibility index (Phi) is 6.16. The van der Waals surface area contributed by atoms with Gasteiger partial charge in [-0.15, -0.1) is 0 Å². The van der Waals surface area contributed by atoms with Crippen molar-refractivity contribution in [3.8, 4) is 5.88 Å². The molecule has 0 unspecified atom stereocenters. The molecule has 0 atom stereocenters. The second kappa shape index (κ2) is 8.56. The zero-order chi connectivity index (χ0) is 18.5. The standard InChI is InChI=1S/C18H18Cl2FN3O2/c19-13-2-1-12(16(20)9-13)10-23-18(25)24-7-5-15(6-8-24)26-17-4-3-14(21)11-22-17/h1-4,9,11,15H,5-8,10H2,(H,23,25). The highest BCUT2D eigenvalue weighted by molar-refractivity contribution is 6.35. The number of aromatic nitrogens is 1. The maximum atomic E-state index is 12.9. The molecule has 1 aliphatic heterocycles. The van der Waals surface area contributed by atoms with Crippen LogP contribution in [-0.2, 0) is 6.54 Å². The first-order chi connectivity index (χ1) is 12.5. The van der Waals surface area contributed by atoms with Crippen molar-refractivity contribution in [3.05, 3.63) is 58.0 Å². The first-order valence-electron chi connectivity index (χ1n) is 8.26. The van der Waals surface area contributed by atoms with Crippen molar-refractivity contribution in [1.29, 1.82) is 0 Å². The number of amides is 2. The van der Waals surface area contributed by atoms with Crippen molar-refractivity contribution in [2.75, 3.05) is 13.1 Å². The van der Waals surface area contributed by atoms with Crippen molar-refractivity contribution in [1.82, 2.24) is 15.2 Å². The van der Waals surface area contributed by atoms with E-state index in [9.17, 15) is 9.18 Å². The molecule has 1 saturated heterocycles. The van der Waals surface area contributed by atoms with Crippen LogP contribution in [0.1, 0.15) is 18.4 Å². The summed E-state index contributed by atoms with van der Waals surface area (Å²) in [6.07, 6.45) is 2.46. The molecule has 0 bridgehead atoms. The lowest BCUT2D eigenvalue weighted by Crippen LogP contribution is -2.46. The Morgan fingerprint density at radius 1 is 1.27 bits per heavy atom. The maximum Gasteiger partial charge on any atom is 0.317 e. The van der Waals surface area contributed by atoms with E-state index in [0.717, 1.165) is 11.8 Å². The summed E-state index contributed by atoms with van der Waals surface area (Å²) < 4.78 is 18.6. The molecule has 0 spiro atoms. The van der Waals surface area contributed by atoms with Crippen LogP contribution in [0, 0.1) is 5.82 Å². The molecule has 0 saturated carbocycles. The smallest absolute Gasteiger partial charge is 0.317 e. The van der Waals surface area contributed by atoms with Gasteiger partial charge in [0, 0.05) is 48.6 Å². The van der Waals surface area contributed by atoms with Gasteiger partial charge in [0.05, 0.1) is 6.20 Å². The third-order valence-electron chi connectivity index (χ3n) is 4.16. The number of pyridine rings is 1. The third kappa shape index (κ3) is 4.99. The largest absolute Gasteiger partial charge is 0.474 e. The Hall–Kier alpha value is -2.05. The molecule has 1 N–H and O–H groups in total. The minimum absolute atomic E-state index is 0.0391. The quantitative estimate of drug-likeness (QED) is 0.837. The highest BCUT2D eigenvalue weighted by atomic mass is 35.5. The van der Waals surface area contributed by atoms with Gasteiger partial charge in [0.2, 0.25) is 5.88 Å². The lowest BCUT2D eigenvalue weighted by molar-refractivity contribution is 0.107. The second-order valence-electron chi connectivity index (χ2n) is 6.01. The molecule has 138 valence electrons. The zero-order valence-electron chi connectivity index (χ0n) is 13.9. The van der Waals surface area contributed by atoms with Crippen LogP contribution in [0.15, 0.2) is 36.5 Å². The predicted molar refractivity (Wildman–Crippen MR) is 98.1 cm³/mol. The zero-order valence-corrected chi connectivity index (χ0v) is 15.4. The van der Waals surface area contributed by atoms with Crippen LogP contribution in [-0.4, -0.2) is 35.1 Å². The number of benzene rings is 1. The molecule has 2 amide bonds. The van der Waals surface area contributed by atoms with E-state index in [2.05, 4.69) is 10.3 Å². The Morgan fingerprint density at radius 3 is 2.69 bits per heavy atom. The van der Waals surface area contributed by atoms with E-state index < -0.39 is 5.82 Å². The van der Waals surface area contributed by atoms with Gasteiger partial charge in [0.25, 0.3) is 0 Å². The highest BCUT2D eigenvalue weighted by Gasteiger charge is 2.24. The summed E-state index contributed by atoms with van der Waals surface area (Å²) in [6.45, 7) is 1.49. The summed E-state index contributed by atoms with van der Waals surface area (Å²) in [5, 5.41) is 3.95. The van der Waals surface area contributed by atoms with Gasteiger partial charge in [-0.25, -0.2) is 14.2 Å². The van der Waals surface area contributed by atoms with Gasteiger partial charge in [-0.05, 0) is 23.8 Å². The average Bonchev–Trinajstić information content (AvgIpc) is 2.63. The minimum Gasteiger partial charge on any atom is -0.474 e. The summed E-state index contributed by atoms with van der Waals surface area (Å²) in [5.41, 5.74) is 0.810. The summed E-state index contributed by atoms with van der Waals surface area (Å²) in [7, 11) is 0. The number of likely N-dealkylation sites (tertiary alicyclic amines) is 1. The van der Waals surface area contributed by atoms with Gasteiger partial charge in [0.1, 0.15) is 11.9 Å². The average molecular weight is 398 g/mol. The number of hydrogen-bond acceptors (Lipinski definition) is 3. The number of halogens is 3. The fourth-order valence-corrected chi connectivity index (χ4v) is 3.20. The van der Waals surface area contributed by atoms with Crippen molar-refractivity contribution >= 4 is 29.2 Å². The molecule has 3 rings (SSSR count). The molecular weight excluding hydrogens is 380 g/mol. The Morgan fingerprint density at radius 2 is 2.04 bits per heavy atom. The monoisotopic (exact) mass is 397 g/mol. The van der Waals surface area contributed by atoms with Gasteiger partial charge in [-0.1, -0.05) is 29.3 Å². The number of carbonyl (C=O) groups is 1. The molecule has 2 aromatic rings. The summed E-state index contributed by atoms with van der Waals surface area (Å²) in [4.78, 5) is 17.9. The Balaban J connectivity index is 1.45. The van der Waals surface area contributed by atoms with Gasteiger partial charge < -0.3 is 15.0 Å². The number of urea groups is 1. The first-order valence-corrected chi connectivity index (χ1v) is 9.02. The van der Waals surface area contributed by atoms with Gasteiger partial charge in [-0.3, -0.25) is 0 Å². The van der Waals surface area contributed by atoms with E-state index >= 15 is 0 Å². The van der Waals surface area contributed by atoms with Crippen LogP contribution in [0.3, 0.4) is 0 Å². The molecule has 1 aromatic carbocycles. The van der Waals surface area contributed by atoms with E-state index in [1.165, 1.54) is 12.1 Å². The summed E-state index contributed by atoms with van der Waals surface area (Å²) in [6, 6.07) is 7.85.